The van der Waals surface area contributed by atoms with E-state index in [0.29, 0.717) is 29.0 Å². The largest absolute Gasteiger partial charge is 0.463 e. The van der Waals surface area contributed by atoms with Crippen LogP contribution in [0.2, 0.25) is 0 Å². The van der Waals surface area contributed by atoms with E-state index in [1.165, 1.54) is 0 Å². The molecular formula is C26H34ClNO6. The molecule has 0 radical (unpaired) electrons. The molecule has 1 heterocycles. The molecule has 186 valence electrons. The van der Waals surface area contributed by atoms with Crippen LogP contribution in [0.15, 0.2) is 53.4 Å². The second-order valence-electron chi connectivity index (χ2n) is 7.56. The monoisotopic (exact) mass is 491 g/mol. The third-order valence-electron chi connectivity index (χ3n) is 4.94. The number of para-hydroxylation sites is 1. The second kappa shape index (κ2) is 15.0. The molecule has 0 aliphatic carbocycles. The van der Waals surface area contributed by atoms with Gasteiger partial charge in [-0.25, -0.2) is 14.4 Å². The number of esters is 3. The SMILES string of the molecule is CCCCCOC(=O)/C(C)=C/c1ccccc1N1C=C(C(=O)OCC)CC(C(=O)OCC)=C1.Cl. The number of hydrogen-bond donors (Lipinski definition) is 0. The molecule has 34 heavy (non-hydrogen) atoms. The molecule has 0 saturated heterocycles. The number of carbonyl (C=O) groups excluding carboxylic acids is 3. The number of ether oxygens (including phenoxy) is 3. The first-order valence-electron chi connectivity index (χ1n) is 11.4. The molecule has 7 nitrogen and oxygen atoms in total. The first-order chi connectivity index (χ1) is 15.9. The fourth-order valence-corrected chi connectivity index (χ4v) is 3.27. The van der Waals surface area contributed by atoms with E-state index in [2.05, 4.69) is 6.92 Å². The zero-order valence-corrected chi connectivity index (χ0v) is 21.1. The van der Waals surface area contributed by atoms with E-state index in [1.54, 1.807) is 44.1 Å². The number of unbranched alkanes of at least 4 members (excludes halogenated alkanes) is 2. The molecule has 2 rings (SSSR count). The van der Waals surface area contributed by atoms with E-state index in [4.69, 9.17) is 14.2 Å². The van der Waals surface area contributed by atoms with Gasteiger partial charge in [0, 0.05) is 24.4 Å². The maximum absolute atomic E-state index is 12.4. The van der Waals surface area contributed by atoms with Crippen molar-refractivity contribution in [3.63, 3.8) is 0 Å². The van der Waals surface area contributed by atoms with Gasteiger partial charge in [0.15, 0.2) is 0 Å². The lowest BCUT2D eigenvalue weighted by atomic mass is 10.0. The van der Waals surface area contributed by atoms with Gasteiger partial charge in [-0.2, -0.15) is 0 Å². The molecule has 0 amide bonds. The lowest BCUT2D eigenvalue weighted by Crippen LogP contribution is -2.23. The molecule has 0 saturated carbocycles. The van der Waals surface area contributed by atoms with E-state index in [9.17, 15) is 14.4 Å². The fraction of sp³-hybridized carbons (Fsp3) is 0.423. The van der Waals surface area contributed by atoms with Crippen molar-refractivity contribution in [1.82, 2.24) is 0 Å². The molecule has 0 N–H and O–H groups in total. The molecule has 0 atom stereocenters. The van der Waals surface area contributed by atoms with Crippen LogP contribution < -0.4 is 4.90 Å². The van der Waals surface area contributed by atoms with E-state index >= 15 is 0 Å². The van der Waals surface area contributed by atoms with Crippen molar-refractivity contribution in [1.29, 1.82) is 0 Å². The Kier molecular flexibility index (Phi) is 12.7. The molecule has 1 aromatic carbocycles. The highest BCUT2D eigenvalue weighted by atomic mass is 35.5. The van der Waals surface area contributed by atoms with Crippen LogP contribution in [0.25, 0.3) is 6.08 Å². The fourth-order valence-electron chi connectivity index (χ4n) is 3.27. The molecule has 1 aliphatic rings. The Morgan fingerprint density at radius 2 is 1.50 bits per heavy atom. The Hall–Kier alpha value is -3.06. The minimum atomic E-state index is -0.489. The first-order valence-corrected chi connectivity index (χ1v) is 11.4. The van der Waals surface area contributed by atoms with Crippen LogP contribution in [-0.2, 0) is 28.6 Å². The summed E-state index contributed by atoms with van der Waals surface area (Å²) in [6, 6.07) is 7.39. The number of nitrogens with zero attached hydrogens (tertiary/aromatic N) is 1. The third kappa shape index (κ3) is 8.37. The van der Waals surface area contributed by atoms with Crippen LogP contribution in [0.3, 0.4) is 0 Å². The number of halogens is 1. The van der Waals surface area contributed by atoms with Crippen LogP contribution in [-0.4, -0.2) is 37.7 Å². The van der Waals surface area contributed by atoms with Gasteiger partial charge in [-0.1, -0.05) is 38.0 Å². The second-order valence-corrected chi connectivity index (χ2v) is 7.56. The van der Waals surface area contributed by atoms with Crippen molar-refractivity contribution in [3.05, 3.63) is 58.9 Å². The summed E-state index contributed by atoms with van der Waals surface area (Å²) in [4.78, 5) is 38.9. The normalized spacial score (nSPS) is 13.3. The van der Waals surface area contributed by atoms with Gasteiger partial charge >= 0.3 is 17.9 Å². The quantitative estimate of drug-likeness (QED) is 0.178. The molecule has 0 bridgehead atoms. The van der Waals surface area contributed by atoms with Gasteiger partial charge < -0.3 is 19.1 Å². The molecule has 0 aromatic heterocycles. The summed E-state index contributed by atoms with van der Waals surface area (Å²) in [6.07, 6.45) is 8.05. The Morgan fingerprint density at radius 3 is 2.06 bits per heavy atom. The average Bonchev–Trinajstić information content (AvgIpc) is 2.82. The van der Waals surface area contributed by atoms with Gasteiger partial charge in [0.05, 0.1) is 36.7 Å². The molecule has 0 fully saturated rings. The van der Waals surface area contributed by atoms with Crippen molar-refractivity contribution in [2.24, 2.45) is 0 Å². The molecule has 0 spiro atoms. The first kappa shape index (κ1) is 29.0. The van der Waals surface area contributed by atoms with Crippen molar-refractivity contribution in [2.45, 2.75) is 53.4 Å². The van der Waals surface area contributed by atoms with Crippen LogP contribution in [0, 0.1) is 0 Å². The van der Waals surface area contributed by atoms with Crippen molar-refractivity contribution < 1.29 is 28.6 Å². The van der Waals surface area contributed by atoms with Gasteiger partial charge in [-0.05, 0) is 44.9 Å². The van der Waals surface area contributed by atoms with Gasteiger partial charge in [-0.15, -0.1) is 12.4 Å². The molecular weight excluding hydrogens is 458 g/mol. The maximum Gasteiger partial charge on any atom is 0.335 e. The number of benzene rings is 1. The number of carbonyl (C=O) groups is 3. The van der Waals surface area contributed by atoms with Crippen LogP contribution >= 0.6 is 12.4 Å². The van der Waals surface area contributed by atoms with Crippen LogP contribution in [0.4, 0.5) is 5.69 Å². The summed E-state index contributed by atoms with van der Waals surface area (Å²) in [5.41, 5.74) is 2.57. The lowest BCUT2D eigenvalue weighted by molar-refractivity contribution is -0.140. The molecule has 1 aromatic rings. The van der Waals surface area contributed by atoms with Gasteiger partial charge in [0.25, 0.3) is 0 Å². The standard InChI is InChI=1S/C26H33NO6.ClH/c1-5-8-11-14-33-24(28)19(4)15-20-12-9-10-13-23(20)27-17-21(25(29)31-6-2)16-22(18-27)26(30)32-7-3;/h9-10,12-13,15,17-18H,5-8,11,14,16H2,1-4H3;1H/b19-15+;. The number of hydrogen-bond acceptors (Lipinski definition) is 7. The minimum Gasteiger partial charge on any atom is -0.463 e. The molecule has 1 aliphatic heterocycles. The van der Waals surface area contributed by atoms with Gasteiger partial charge in [0.1, 0.15) is 0 Å². The van der Waals surface area contributed by atoms with E-state index in [-0.39, 0.29) is 38.0 Å². The topological polar surface area (TPSA) is 82.1 Å². The van der Waals surface area contributed by atoms with Crippen LogP contribution in [0.5, 0.6) is 0 Å². The lowest BCUT2D eigenvalue weighted by Gasteiger charge is -2.25. The Labute approximate surface area is 207 Å². The number of rotatable bonds is 11. The van der Waals surface area contributed by atoms with E-state index in [0.717, 1.165) is 24.8 Å². The van der Waals surface area contributed by atoms with Gasteiger partial charge in [-0.3, -0.25) is 0 Å². The van der Waals surface area contributed by atoms with Gasteiger partial charge in [0.2, 0.25) is 0 Å². The zero-order chi connectivity index (χ0) is 24.2. The highest BCUT2D eigenvalue weighted by molar-refractivity contribution is 5.98. The Bertz CT molecular complexity index is 916. The minimum absolute atomic E-state index is 0. The Balaban J connectivity index is 0.00000578. The van der Waals surface area contributed by atoms with E-state index < -0.39 is 11.9 Å². The summed E-state index contributed by atoms with van der Waals surface area (Å²) in [5.74, 6) is -1.35. The van der Waals surface area contributed by atoms with E-state index in [1.807, 2.05) is 24.3 Å². The predicted octanol–water partition coefficient (Wildman–Crippen LogP) is 5.35. The third-order valence-corrected chi connectivity index (χ3v) is 4.94. The average molecular weight is 492 g/mol. The summed E-state index contributed by atoms with van der Waals surface area (Å²) in [6.45, 7) is 8.10. The summed E-state index contributed by atoms with van der Waals surface area (Å²) in [5, 5.41) is 0. The molecule has 8 heteroatoms. The zero-order valence-electron chi connectivity index (χ0n) is 20.3. The predicted molar refractivity (Wildman–Crippen MR) is 134 cm³/mol. The van der Waals surface area contributed by atoms with Crippen LogP contribution in [0.1, 0.15) is 58.9 Å². The summed E-state index contributed by atoms with van der Waals surface area (Å²) < 4.78 is 15.6. The van der Waals surface area contributed by atoms with Crippen molar-refractivity contribution >= 4 is 42.1 Å². The Morgan fingerprint density at radius 1 is 0.912 bits per heavy atom. The highest BCUT2D eigenvalue weighted by Gasteiger charge is 2.25. The van der Waals surface area contributed by atoms with Crippen molar-refractivity contribution in [2.75, 3.05) is 24.7 Å². The summed E-state index contributed by atoms with van der Waals surface area (Å²) >= 11 is 0. The summed E-state index contributed by atoms with van der Waals surface area (Å²) in [7, 11) is 0. The molecule has 0 unspecified atom stereocenters. The maximum atomic E-state index is 12.4. The highest BCUT2D eigenvalue weighted by Crippen LogP contribution is 2.30. The van der Waals surface area contributed by atoms with Crippen molar-refractivity contribution in [3.8, 4) is 0 Å². The number of anilines is 1. The smallest absolute Gasteiger partial charge is 0.335 e.